The maximum atomic E-state index is 5.79. The van der Waals surface area contributed by atoms with Crippen molar-refractivity contribution >= 4 is 0 Å². The summed E-state index contributed by atoms with van der Waals surface area (Å²) in [6, 6.07) is 10.7. The van der Waals surface area contributed by atoms with Crippen molar-refractivity contribution in [2.75, 3.05) is 7.05 Å². The molecule has 1 N–H and O–H groups in total. The monoisotopic (exact) mass is 287 g/mol. The van der Waals surface area contributed by atoms with Gasteiger partial charge in [0.2, 0.25) is 0 Å². The second-order valence-corrected chi connectivity index (χ2v) is 5.22. The minimum atomic E-state index is 0.486. The molecule has 0 unspecified atom stereocenters. The van der Waals surface area contributed by atoms with E-state index in [4.69, 9.17) is 4.74 Å². The maximum absolute atomic E-state index is 5.79. The molecule has 0 spiro atoms. The van der Waals surface area contributed by atoms with Crippen LogP contribution in [-0.2, 0) is 13.2 Å². The van der Waals surface area contributed by atoms with Crippen LogP contribution in [0, 0.1) is 0 Å². The second kappa shape index (κ2) is 7.84. The van der Waals surface area contributed by atoms with E-state index in [9.17, 15) is 0 Å². The molecular formula is C17H25N3O. The first-order valence-corrected chi connectivity index (χ1v) is 7.67. The molecule has 0 aliphatic heterocycles. The zero-order valence-electron chi connectivity index (χ0n) is 13.2. The summed E-state index contributed by atoms with van der Waals surface area (Å²) < 4.78 is 7.84. The van der Waals surface area contributed by atoms with Crippen LogP contribution in [0.3, 0.4) is 0 Å². The summed E-state index contributed by atoms with van der Waals surface area (Å²) in [4.78, 5) is 0. The Bertz CT molecular complexity index is 529. The van der Waals surface area contributed by atoms with E-state index in [0.29, 0.717) is 12.6 Å². The number of hydrogen-bond acceptors (Lipinski definition) is 3. The highest BCUT2D eigenvalue weighted by Crippen LogP contribution is 2.16. The zero-order valence-corrected chi connectivity index (χ0v) is 13.2. The van der Waals surface area contributed by atoms with Gasteiger partial charge in [0.15, 0.2) is 0 Å². The first-order valence-electron chi connectivity index (χ1n) is 7.67. The van der Waals surface area contributed by atoms with Gasteiger partial charge in [-0.2, -0.15) is 5.10 Å². The number of nitrogens with zero attached hydrogens (tertiary/aromatic N) is 2. The Morgan fingerprint density at radius 1 is 1.14 bits per heavy atom. The summed E-state index contributed by atoms with van der Waals surface area (Å²) in [6.45, 7) is 5.77. The van der Waals surface area contributed by atoms with Crippen LogP contribution in [0.5, 0.6) is 5.75 Å². The van der Waals surface area contributed by atoms with Crippen LogP contribution >= 0.6 is 0 Å². The highest BCUT2D eigenvalue weighted by atomic mass is 16.5. The van der Waals surface area contributed by atoms with Gasteiger partial charge in [-0.15, -0.1) is 0 Å². The van der Waals surface area contributed by atoms with Gasteiger partial charge in [0, 0.05) is 12.7 Å². The fourth-order valence-corrected chi connectivity index (χ4v) is 2.39. The topological polar surface area (TPSA) is 39.1 Å². The number of ether oxygens (including phenoxy) is 1. The van der Waals surface area contributed by atoms with Crippen LogP contribution in [-0.4, -0.2) is 16.8 Å². The minimum Gasteiger partial charge on any atom is -0.487 e. The number of rotatable bonds is 8. The normalized spacial score (nSPS) is 11.0. The molecule has 1 heterocycles. The van der Waals surface area contributed by atoms with Gasteiger partial charge in [-0.1, -0.05) is 26.0 Å². The number of aromatic nitrogens is 2. The molecule has 1 aromatic carbocycles. The van der Waals surface area contributed by atoms with Crippen LogP contribution in [0.15, 0.2) is 36.5 Å². The predicted molar refractivity (Wildman–Crippen MR) is 85.4 cm³/mol. The number of benzene rings is 1. The van der Waals surface area contributed by atoms with Crippen molar-refractivity contribution < 1.29 is 4.74 Å². The molecule has 0 aliphatic carbocycles. The molecule has 0 saturated carbocycles. The highest BCUT2D eigenvalue weighted by molar-refractivity contribution is 5.27. The van der Waals surface area contributed by atoms with E-state index in [0.717, 1.165) is 30.8 Å². The average Bonchev–Trinajstić information content (AvgIpc) is 2.97. The first kappa shape index (κ1) is 15.6. The van der Waals surface area contributed by atoms with Crippen LogP contribution in [0.2, 0.25) is 0 Å². The quantitative estimate of drug-likeness (QED) is 0.807. The summed E-state index contributed by atoms with van der Waals surface area (Å²) >= 11 is 0. The molecule has 4 nitrogen and oxygen atoms in total. The molecule has 21 heavy (non-hydrogen) atoms. The van der Waals surface area contributed by atoms with E-state index >= 15 is 0 Å². The Balaban J connectivity index is 1.90. The molecule has 0 bridgehead atoms. The molecule has 2 aromatic rings. The molecule has 114 valence electrons. The lowest BCUT2D eigenvalue weighted by atomic mass is 10.2. The van der Waals surface area contributed by atoms with Crippen LogP contribution in [0.4, 0.5) is 0 Å². The Kier molecular flexibility index (Phi) is 5.81. The fraction of sp³-hybridized carbons (Fsp3) is 0.471. The molecular weight excluding hydrogens is 262 g/mol. The lowest BCUT2D eigenvalue weighted by molar-refractivity contribution is 0.297. The van der Waals surface area contributed by atoms with E-state index in [1.807, 2.05) is 31.4 Å². The molecule has 1 aromatic heterocycles. The van der Waals surface area contributed by atoms with Gasteiger partial charge in [-0.05, 0) is 43.7 Å². The van der Waals surface area contributed by atoms with Crippen molar-refractivity contribution in [1.82, 2.24) is 15.1 Å². The largest absolute Gasteiger partial charge is 0.487 e. The summed E-state index contributed by atoms with van der Waals surface area (Å²) in [5.74, 6) is 0.881. The molecule has 0 radical (unpaired) electrons. The van der Waals surface area contributed by atoms with Gasteiger partial charge in [0.05, 0.1) is 11.7 Å². The highest BCUT2D eigenvalue weighted by Gasteiger charge is 2.08. The summed E-state index contributed by atoms with van der Waals surface area (Å²) in [7, 11) is 1.95. The standard InChI is InChI=1S/C17H25N3O/c1-4-16(5-2)20-11-10-15(19-20)13-21-17-8-6-14(7-9-17)12-18-3/h6-11,16,18H,4-5,12-13H2,1-3H3. The molecule has 0 aliphatic rings. The molecule has 0 amide bonds. The van der Waals surface area contributed by atoms with E-state index in [2.05, 4.69) is 41.1 Å². The molecule has 2 rings (SSSR count). The Morgan fingerprint density at radius 3 is 2.48 bits per heavy atom. The third-order valence-electron chi connectivity index (χ3n) is 3.67. The molecule has 4 heteroatoms. The third kappa shape index (κ3) is 4.33. The smallest absolute Gasteiger partial charge is 0.132 e. The van der Waals surface area contributed by atoms with Crippen LogP contribution in [0.25, 0.3) is 0 Å². The summed E-state index contributed by atoms with van der Waals surface area (Å²) in [6.07, 6.45) is 4.25. The van der Waals surface area contributed by atoms with Crippen LogP contribution < -0.4 is 10.1 Å². The molecule has 0 atom stereocenters. The van der Waals surface area contributed by atoms with E-state index in [1.165, 1.54) is 5.56 Å². The fourth-order valence-electron chi connectivity index (χ4n) is 2.39. The molecule has 0 fully saturated rings. The lowest BCUT2D eigenvalue weighted by Crippen LogP contribution is -2.08. The van der Waals surface area contributed by atoms with E-state index in [-0.39, 0.29) is 0 Å². The van der Waals surface area contributed by atoms with Gasteiger partial charge in [0.25, 0.3) is 0 Å². The van der Waals surface area contributed by atoms with Crippen molar-refractivity contribution in [3.8, 4) is 5.75 Å². The van der Waals surface area contributed by atoms with E-state index in [1.54, 1.807) is 0 Å². The Labute approximate surface area is 127 Å². The van der Waals surface area contributed by atoms with E-state index < -0.39 is 0 Å². The van der Waals surface area contributed by atoms with Crippen molar-refractivity contribution in [1.29, 1.82) is 0 Å². The predicted octanol–water partition coefficient (Wildman–Crippen LogP) is 3.54. The zero-order chi connectivity index (χ0) is 15.1. The molecule has 0 saturated heterocycles. The number of nitrogens with one attached hydrogen (secondary N) is 1. The Morgan fingerprint density at radius 2 is 1.86 bits per heavy atom. The maximum Gasteiger partial charge on any atom is 0.132 e. The van der Waals surface area contributed by atoms with Gasteiger partial charge < -0.3 is 10.1 Å². The van der Waals surface area contributed by atoms with Gasteiger partial charge in [-0.3, -0.25) is 4.68 Å². The lowest BCUT2D eigenvalue weighted by Gasteiger charge is -2.12. The van der Waals surface area contributed by atoms with Gasteiger partial charge in [0.1, 0.15) is 12.4 Å². The van der Waals surface area contributed by atoms with Crippen LogP contribution in [0.1, 0.15) is 44.0 Å². The van der Waals surface area contributed by atoms with Gasteiger partial charge in [-0.25, -0.2) is 0 Å². The SMILES string of the molecule is CCC(CC)n1ccc(COc2ccc(CNC)cc2)n1. The number of hydrogen-bond donors (Lipinski definition) is 1. The third-order valence-corrected chi connectivity index (χ3v) is 3.67. The first-order chi connectivity index (χ1) is 10.3. The summed E-state index contributed by atoms with van der Waals surface area (Å²) in [5, 5.41) is 7.73. The van der Waals surface area contributed by atoms with Crippen molar-refractivity contribution in [3.63, 3.8) is 0 Å². The van der Waals surface area contributed by atoms with Crippen molar-refractivity contribution in [2.24, 2.45) is 0 Å². The van der Waals surface area contributed by atoms with Gasteiger partial charge >= 0.3 is 0 Å². The van der Waals surface area contributed by atoms with Crippen molar-refractivity contribution in [2.45, 2.75) is 45.9 Å². The Hall–Kier alpha value is -1.81. The summed E-state index contributed by atoms with van der Waals surface area (Å²) in [5.41, 5.74) is 2.23. The minimum absolute atomic E-state index is 0.486. The second-order valence-electron chi connectivity index (χ2n) is 5.22. The average molecular weight is 287 g/mol. The van der Waals surface area contributed by atoms with Crippen molar-refractivity contribution in [3.05, 3.63) is 47.8 Å².